The van der Waals surface area contributed by atoms with E-state index in [0.717, 1.165) is 12.2 Å². The van der Waals surface area contributed by atoms with Gasteiger partial charge in [-0.25, -0.2) is 0 Å². The van der Waals surface area contributed by atoms with E-state index < -0.39 is 0 Å². The minimum absolute atomic E-state index is 0.0934. The lowest BCUT2D eigenvalue weighted by Crippen LogP contribution is -2.27. The Morgan fingerprint density at radius 3 is 2.80 bits per heavy atom. The number of hydrogen-bond donors (Lipinski definition) is 3. The molecule has 0 aliphatic rings. The highest BCUT2D eigenvalue weighted by molar-refractivity contribution is 5.18. The van der Waals surface area contributed by atoms with Gasteiger partial charge in [-0.05, 0) is 6.54 Å². The standard InChI is InChI=1S/C10H16N2O3/c1-2-12(3-4-13)7-8-5-9(14)10(15)6-11-8/h5-6,13,15H,2-4,7H2,1H3,(H,11,14). The van der Waals surface area contributed by atoms with Crippen molar-refractivity contribution in [1.82, 2.24) is 9.88 Å². The maximum Gasteiger partial charge on any atom is 0.223 e. The first kappa shape index (κ1) is 11.7. The topological polar surface area (TPSA) is 76.6 Å². The van der Waals surface area contributed by atoms with Gasteiger partial charge < -0.3 is 15.2 Å². The number of aliphatic hydroxyl groups is 1. The van der Waals surface area contributed by atoms with Crippen LogP contribution in [0.5, 0.6) is 5.75 Å². The minimum atomic E-state index is -0.385. The van der Waals surface area contributed by atoms with Gasteiger partial charge in [-0.2, -0.15) is 0 Å². The highest BCUT2D eigenvalue weighted by atomic mass is 16.3. The first-order valence-corrected chi connectivity index (χ1v) is 4.91. The van der Waals surface area contributed by atoms with E-state index in [9.17, 15) is 4.79 Å². The van der Waals surface area contributed by atoms with Gasteiger partial charge in [0.1, 0.15) is 0 Å². The summed E-state index contributed by atoms with van der Waals surface area (Å²) in [5.41, 5.74) is 0.344. The summed E-state index contributed by atoms with van der Waals surface area (Å²) in [4.78, 5) is 15.9. The molecule has 3 N–H and O–H groups in total. The molecule has 0 atom stereocenters. The molecule has 0 fully saturated rings. The molecule has 5 heteroatoms. The molecule has 5 nitrogen and oxygen atoms in total. The summed E-state index contributed by atoms with van der Waals surface area (Å²) in [5, 5.41) is 17.8. The third kappa shape index (κ3) is 3.38. The van der Waals surface area contributed by atoms with Crippen LogP contribution in [-0.2, 0) is 6.54 Å². The molecule has 1 aromatic heterocycles. The summed E-state index contributed by atoms with van der Waals surface area (Å²) >= 11 is 0. The van der Waals surface area contributed by atoms with E-state index in [1.807, 2.05) is 11.8 Å². The van der Waals surface area contributed by atoms with E-state index in [2.05, 4.69) is 4.98 Å². The smallest absolute Gasteiger partial charge is 0.223 e. The Balaban J connectivity index is 2.71. The SMILES string of the molecule is CCN(CCO)Cc1cc(=O)c(O)c[nH]1. The molecule has 0 radical (unpaired) electrons. The molecule has 0 aliphatic heterocycles. The number of aromatic hydroxyl groups is 1. The number of aromatic nitrogens is 1. The maximum absolute atomic E-state index is 11.1. The molecule has 0 aliphatic carbocycles. The van der Waals surface area contributed by atoms with Crippen LogP contribution in [0, 0.1) is 0 Å². The van der Waals surface area contributed by atoms with Crippen molar-refractivity contribution >= 4 is 0 Å². The molecule has 1 aromatic rings. The van der Waals surface area contributed by atoms with Gasteiger partial charge in [-0.3, -0.25) is 9.69 Å². The van der Waals surface area contributed by atoms with Gasteiger partial charge in [0.25, 0.3) is 0 Å². The third-order valence-electron chi connectivity index (χ3n) is 2.21. The molecule has 1 rings (SSSR count). The number of hydrogen-bond acceptors (Lipinski definition) is 4. The van der Waals surface area contributed by atoms with Crippen LogP contribution in [0.25, 0.3) is 0 Å². The lowest BCUT2D eigenvalue weighted by atomic mass is 10.3. The van der Waals surface area contributed by atoms with Crippen LogP contribution in [0.3, 0.4) is 0 Å². The van der Waals surface area contributed by atoms with Gasteiger partial charge in [0, 0.05) is 31.0 Å². The fourth-order valence-electron chi connectivity index (χ4n) is 1.33. The molecule has 84 valence electrons. The van der Waals surface area contributed by atoms with Gasteiger partial charge in [-0.1, -0.05) is 6.92 Å². The van der Waals surface area contributed by atoms with Crippen molar-refractivity contribution in [2.45, 2.75) is 13.5 Å². The number of nitrogens with one attached hydrogen (secondary N) is 1. The minimum Gasteiger partial charge on any atom is -0.503 e. The van der Waals surface area contributed by atoms with Crippen molar-refractivity contribution in [2.75, 3.05) is 19.7 Å². The molecule has 0 amide bonds. The Labute approximate surface area is 88.0 Å². The Morgan fingerprint density at radius 2 is 2.27 bits per heavy atom. The van der Waals surface area contributed by atoms with E-state index in [1.165, 1.54) is 12.3 Å². The molecule has 0 bridgehead atoms. The number of rotatable bonds is 5. The highest BCUT2D eigenvalue weighted by Crippen LogP contribution is 2.02. The lowest BCUT2D eigenvalue weighted by molar-refractivity contribution is 0.195. The van der Waals surface area contributed by atoms with E-state index in [4.69, 9.17) is 10.2 Å². The number of pyridine rings is 1. The van der Waals surface area contributed by atoms with Gasteiger partial charge in [0.15, 0.2) is 5.75 Å². The van der Waals surface area contributed by atoms with Gasteiger partial charge in [0.2, 0.25) is 5.43 Å². The predicted octanol–water partition coefficient (Wildman–Crippen LogP) is -0.105. The summed E-state index contributed by atoms with van der Waals surface area (Å²) < 4.78 is 0. The third-order valence-corrected chi connectivity index (χ3v) is 2.21. The van der Waals surface area contributed by atoms with E-state index >= 15 is 0 Å². The quantitative estimate of drug-likeness (QED) is 0.636. The molecule has 0 saturated heterocycles. The van der Waals surface area contributed by atoms with Crippen molar-refractivity contribution in [2.24, 2.45) is 0 Å². The van der Waals surface area contributed by atoms with Crippen LogP contribution in [0.4, 0.5) is 0 Å². The normalized spacial score (nSPS) is 10.9. The molecule has 15 heavy (non-hydrogen) atoms. The molecule has 1 heterocycles. The number of aromatic amines is 1. The number of H-pyrrole nitrogens is 1. The number of aliphatic hydroxyl groups excluding tert-OH is 1. The van der Waals surface area contributed by atoms with E-state index in [-0.39, 0.29) is 17.8 Å². The summed E-state index contributed by atoms with van der Waals surface area (Å²) in [6.45, 7) is 4.00. The Morgan fingerprint density at radius 1 is 1.53 bits per heavy atom. The fourth-order valence-corrected chi connectivity index (χ4v) is 1.33. The molecule has 0 saturated carbocycles. The zero-order valence-electron chi connectivity index (χ0n) is 8.73. The largest absolute Gasteiger partial charge is 0.503 e. The molecule has 0 aromatic carbocycles. The first-order valence-electron chi connectivity index (χ1n) is 4.91. The average Bonchev–Trinajstić information content (AvgIpc) is 2.23. The number of likely N-dealkylation sites (N-methyl/N-ethyl adjacent to an activating group) is 1. The fraction of sp³-hybridized carbons (Fsp3) is 0.500. The van der Waals surface area contributed by atoms with E-state index in [1.54, 1.807) is 0 Å². The Hall–Kier alpha value is -1.33. The van der Waals surface area contributed by atoms with Crippen molar-refractivity contribution < 1.29 is 10.2 Å². The van der Waals surface area contributed by atoms with Crippen molar-refractivity contribution in [3.05, 3.63) is 28.2 Å². The Bertz CT molecular complexity index is 362. The number of nitrogens with zero attached hydrogens (tertiary/aromatic N) is 1. The molecular formula is C10H16N2O3. The second-order valence-electron chi connectivity index (χ2n) is 3.30. The van der Waals surface area contributed by atoms with Crippen molar-refractivity contribution in [3.8, 4) is 5.75 Å². The zero-order valence-corrected chi connectivity index (χ0v) is 8.73. The van der Waals surface area contributed by atoms with Crippen LogP contribution in [0.15, 0.2) is 17.1 Å². The van der Waals surface area contributed by atoms with Crippen LogP contribution < -0.4 is 5.43 Å². The van der Waals surface area contributed by atoms with Crippen molar-refractivity contribution in [1.29, 1.82) is 0 Å². The summed E-state index contributed by atoms with van der Waals surface area (Å²) in [7, 11) is 0. The first-order chi connectivity index (χ1) is 7.17. The van der Waals surface area contributed by atoms with Crippen LogP contribution in [0.1, 0.15) is 12.6 Å². The molecular weight excluding hydrogens is 196 g/mol. The van der Waals surface area contributed by atoms with E-state index in [0.29, 0.717) is 13.1 Å². The molecule has 0 spiro atoms. The summed E-state index contributed by atoms with van der Waals surface area (Å²) in [6.07, 6.45) is 1.28. The second kappa shape index (κ2) is 5.53. The highest BCUT2D eigenvalue weighted by Gasteiger charge is 2.04. The van der Waals surface area contributed by atoms with Gasteiger partial charge in [-0.15, -0.1) is 0 Å². The van der Waals surface area contributed by atoms with Crippen LogP contribution in [0.2, 0.25) is 0 Å². The lowest BCUT2D eigenvalue weighted by Gasteiger charge is -2.18. The Kier molecular flexibility index (Phi) is 4.33. The molecule has 0 unspecified atom stereocenters. The van der Waals surface area contributed by atoms with Crippen LogP contribution in [-0.4, -0.2) is 39.8 Å². The zero-order chi connectivity index (χ0) is 11.3. The maximum atomic E-state index is 11.1. The monoisotopic (exact) mass is 212 g/mol. The average molecular weight is 212 g/mol. The summed E-state index contributed by atoms with van der Waals surface area (Å²) in [5.74, 6) is -0.274. The van der Waals surface area contributed by atoms with Gasteiger partial charge in [0.05, 0.1) is 6.61 Å². The second-order valence-corrected chi connectivity index (χ2v) is 3.30. The van der Waals surface area contributed by atoms with Gasteiger partial charge >= 0.3 is 0 Å². The van der Waals surface area contributed by atoms with Crippen LogP contribution >= 0.6 is 0 Å². The predicted molar refractivity (Wildman–Crippen MR) is 56.8 cm³/mol. The summed E-state index contributed by atoms with van der Waals surface area (Å²) in [6, 6.07) is 1.37. The van der Waals surface area contributed by atoms with Crippen molar-refractivity contribution in [3.63, 3.8) is 0 Å².